The molecule has 0 radical (unpaired) electrons. The van der Waals surface area contributed by atoms with Gasteiger partial charge in [-0.15, -0.1) is 0 Å². The van der Waals surface area contributed by atoms with Crippen LogP contribution >= 0.6 is 0 Å². The minimum atomic E-state index is -0.886. The van der Waals surface area contributed by atoms with Crippen molar-refractivity contribution in [1.29, 1.82) is 0 Å². The van der Waals surface area contributed by atoms with Gasteiger partial charge in [0, 0.05) is 6.08 Å². The smallest absolute Gasteiger partial charge is 0.328 e. The normalized spacial score (nSPS) is 19.2. The van der Waals surface area contributed by atoms with Crippen molar-refractivity contribution in [2.45, 2.75) is 79.6 Å². The van der Waals surface area contributed by atoms with E-state index >= 15 is 0 Å². The molecule has 0 heterocycles. The van der Waals surface area contributed by atoms with Crippen LogP contribution in [0.4, 0.5) is 0 Å². The lowest BCUT2D eigenvalue weighted by atomic mass is 9.71. The van der Waals surface area contributed by atoms with E-state index in [1.54, 1.807) is 11.1 Å². The van der Waals surface area contributed by atoms with Gasteiger partial charge in [0.15, 0.2) is 0 Å². The molecule has 24 heavy (non-hydrogen) atoms. The molecule has 0 fully saturated rings. The zero-order valence-corrected chi connectivity index (χ0v) is 16.1. The Kier molecular flexibility index (Phi) is 8.24. The van der Waals surface area contributed by atoms with E-state index in [2.05, 4.69) is 39.8 Å². The maximum Gasteiger partial charge on any atom is 0.328 e. The molecule has 0 saturated carbocycles. The minimum absolute atomic E-state index is 0.374. The lowest BCUT2D eigenvalue weighted by molar-refractivity contribution is -0.131. The Hall–Kier alpha value is -1.57. The average Bonchev–Trinajstić information content (AvgIpc) is 2.44. The molecule has 0 aromatic rings. The van der Waals surface area contributed by atoms with Gasteiger partial charge < -0.3 is 5.11 Å². The SMILES string of the molecule is CC1=C(CC/C(C)=C/CC/C=C/C(C)=C/C(=O)O)C(C)(C)CCC1. The molecule has 134 valence electrons. The van der Waals surface area contributed by atoms with E-state index in [-0.39, 0.29) is 0 Å². The van der Waals surface area contributed by atoms with Gasteiger partial charge in [-0.3, -0.25) is 0 Å². The molecule has 0 atom stereocenters. The molecule has 0 bridgehead atoms. The van der Waals surface area contributed by atoms with E-state index in [1.165, 1.54) is 37.3 Å². The fourth-order valence-corrected chi connectivity index (χ4v) is 3.59. The van der Waals surface area contributed by atoms with Crippen LogP contribution in [0.1, 0.15) is 79.6 Å². The first kappa shape index (κ1) is 20.5. The number of carboxylic acids is 1. The summed E-state index contributed by atoms with van der Waals surface area (Å²) in [6.07, 6.45) is 15.7. The molecule has 1 N–H and O–H groups in total. The van der Waals surface area contributed by atoms with E-state index in [0.717, 1.165) is 24.8 Å². The Morgan fingerprint density at radius 1 is 1.25 bits per heavy atom. The van der Waals surface area contributed by atoms with Crippen LogP contribution in [0.2, 0.25) is 0 Å². The fourth-order valence-electron chi connectivity index (χ4n) is 3.59. The van der Waals surface area contributed by atoms with Crippen LogP contribution in [0.5, 0.6) is 0 Å². The molecule has 0 amide bonds. The summed E-state index contributed by atoms with van der Waals surface area (Å²) in [6, 6.07) is 0. The first-order valence-electron chi connectivity index (χ1n) is 9.15. The lowest BCUT2D eigenvalue weighted by Crippen LogP contribution is -2.20. The quantitative estimate of drug-likeness (QED) is 0.235. The van der Waals surface area contributed by atoms with Gasteiger partial charge in [-0.1, -0.05) is 48.8 Å². The molecule has 0 aromatic heterocycles. The summed E-state index contributed by atoms with van der Waals surface area (Å²) in [4.78, 5) is 10.5. The standard InChI is InChI=1S/C22H34O2/c1-17(10-7-6-8-11-18(2)16-21(23)24)13-14-20-19(3)12-9-15-22(20,4)5/h8,10-11,16H,6-7,9,12-15H2,1-5H3,(H,23,24)/b11-8+,17-10+,18-16+. The van der Waals surface area contributed by atoms with Crippen LogP contribution < -0.4 is 0 Å². The topological polar surface area (TPSA) is 37.3 Å². The highest BCUT2D eigenvalue weighted by Crippen LogP contribution is 2.42. The Morgan fingerprint density at radius 3 is 2.58 bits per heavy atom. The lowest BCUT2D eigenvalue weighted by Gasteiger charge is -2.35. The highest BCUT2D eigenvalue weighted by atomic mass is 16.4. The van der Waals surface area contributed by atoms with Crippen molar-refractivity contribution < 1.29 is 9.90 Å². The molecule has 0 spiro atoms. The second-order valence-electron chi connectivity index (χ2n) is 7.75. The van der Waals surface area contributed by atoms with E-state index in [9.17, 15) is 4.79 Å². The molecule has 0 aromatic carbocycles. The van der Waals surface area contributed by atoms with Gasteiger partial charge in [0.05, 0.1) is 0 Å². The summed E-state index contributed by atoms with van der Waals surface area (Å²) >= 11 is 0. The second kappa shape index (κ2) is 9.66. The van der Waals surface area contributed by atoms with Crippen molar-refractivity contribution >= 4 is 5.97 Å². The van der Waals surface area contributed by atoms with Crippen molar-refractivity contribution in [3.63, 3.8) is 0 Å². The molecule has 0 aliphatic heterocycles. The van der Waals surface area contributed by atoms with Gasteiger partial charge in [-0.25, -0.2) is 4.79 Å². The van der Waals surface area contributed by atoms with Crippen molar-refractivity contribution in [1.82, 2.24) is 0 Å². The Morgan fingerprint density at radius 2 is 1.96 bits per heavy atom. The monoisotopic (exact) mass is 330 g/mol. The third-order valence-electron chi connectivity index (χ3n) is 5.01. The van der Waals surface area contributed by atoms with Gasteiger partial charge in [0.2, 0.25) is 0 Å². The zero-order valence-electron chi connectivity index (χ0n) is 16.1. The molecule has 0 unspecified atom stereocenters. The molecular weight excluding hydrogens is 296 g/mol. The van der Waals surface area contributed by atoms with Crippen molar-refractivity contribution in [2.75, 3.05) is 0 Å². The maximum atomic E-state index is 10.5. The van der Waals surface area contributed by atoms with E-state index in [0.29, 0.717) is 5.41 Å². The highest BCUT2D eigenvalue weighted by molar-refractivity contribution is 5.81. The predicted molar refractivity (Wildman–Crippen MR) is 103 cm³/mol. The van der Waals surface area contributed by atoms with E-state index in [1.807, 2.05) is 13.0 Å². The fraction of sp³-hybridized carbons (Fsp3) is 0.591. The number of hydrogen-bond donors (Lipinski definition) is 1. The van der Waals surface area contributed by atoms with Crippen LogP contribution in [-0.4, -0.2) is 11.1 Å². The number of aliphatic carboxylic acids is 1. The summed E-state index contributed by atoms with van der Waals surface area (Å²) in [7, 11) is 0. The number of rotatable bonds is 8. The molecule has 0 saturated heterocycles. The number of allylic oxidation sites excluding steroid dienone is 7. The summed E-state index contributed by atoms with van der Waals surface area (Å²) in [5, 5.41) is 8.66. The third kappa shape index (κ3) is 7.33. The van der Waals surface area contributed by atoms with Crippen molar-refractivity contribution in [3.05, 3.63) is 46.6 Å². The third-order valence-corrected chi connectivity index (χ3v) is 5.01. The first-order chi connectivity index (χ1) is 11.2. The van der Waals surface area contributed by atoms with Gasteiger partial charge in [0.1, 0.15) is 0 Å². The van der Waals surface area contributed by atoms with Gasteiger partial charge in [0.25, 0.3) is 0 Å². The molecule has 2 heteroatoms. The summed E-state index contributed by atoms with van der Waals surface area (Å²) in [5.41, 5.74) is 5.91. The van der Waals surface area contributed by atoms with E-state index < -0.39 is 5.97 Å². The van der Waals surface area contributed by atoms with Crippen LogP contribution in [0.25, 0.3) is 0 Å². The number of hydrogen-bond acceptors (Lipinski definition) is 1. The first-order valence-corrected chi connectivity index (χ1v) is 9.15. The summed E-state index contributed by atoms with van der Waals surface area (Å²) in [6.45, 7) is 11.1. The van der Waals surface area contributed by atoms with E-state index in [4.69, 9.17) is 5.11 Å². The highest BCUT2D eigenvalue weighted by Gasteiger charge is 2.27. The molecular formula is C22H34O2. The van der Waals surface area contributed by atoms with Crippen LogP contribution in [0.3, 0.4) is 0 Å². The Bertz CT molecular complexity index is 557. The largest absolute Gasteiger partial charge is 0.478 e. The molecule has 2 nitrogen and oxygen atoms in total. The Labute approximate surface area is 148 Å². The maximum absolute atomic E-state index is 10.5. The number of carbonyl (C=O) groups is 1. The van der Waals surface area contributed by atoms with Crippen LogP contribution in [0, 0.1) is 5.41 Å². The second-order valence-corrected chi connectivity index (χ2v) is 7.75. The summed E-state index contributed by atoms with van der Waals surface area (Å²) in [5.74, 6) is -0.886. The average molecular weight is 331 g/mol. The van der Waals surface area contributed by atoms with Crippen LogP contribution in [0.15, 0.2) is 46.6 Å². The zero-order chi connectivity index (χ0) is 18.2. The number of carboxylic acid groups (broad SMARTS) is 1. The predicted octanol–water partition coefficient (Wildman–Crippen LogP) is 6.61. The number of unbranched alkanes of at least 4 members (excludes halogenated alkanes) is 1. The van der Waals surface area contributed by atoms with Crippen LogP contribution in [-0.2, 0) is 4.79 Å². The van der Waals surface area contributed by atoms with Crippen molar-refractivity contribution in [3.8, 4) is 0 Å². The minimum Gasteiger partial charge on any atom is -0.478 e. The Balaban J connectivity index is 2.43. The van der Waals surface area contributed by atoms with Gasteiger partial charge in [-0.05, 0) is 76.7 Å². The van der Waals surface area contributed by atoms with Crippen molar-refractivity contribution in [2.24, 2.45) is 5.41 Å². The molecule has 1 aliphatic rings. The summed E-state index contributed by atoms with van der Waals surface area (Å²) < 4.78 is 0. The van der Waals surface area contributed by atoms with Gasteiger partial charge in [-0.2, -0.15) is 0 Å². The van der Waals surface area contributed by atoms with Gasteiger partial charge >= 0.3 is 5.97 Å². The molecule has 1 aliphatic carbocycles. The molecule has 1 rings (SSSR count).